The van der Waals surface area contributed by atoms with Crippen LogP contribution in [-0.2, 0) is 4.79 Å². The van der Waals surface area contributed by atoms with Gasteiger partial charge in [-0.2, -0.15) is 0 Å². The Bertz CT molecular complexity index is 528. The minimum atomic E-state index is -1.51. The highest BCUT2D eigenvalue weighted by atomic mass is 16.6. The van der Waals surface area contributed by atoms with Crippen LogP contribution in [-0.4, -0.2) is 39.7 Å². The lowest BCUT2D eigenvalue weighted by Crippen LogP contribution is -2.43. The maximum atomic E-state index is 11.9. The predicted molar refractivity (Wildman–Crippen MR) is 63.8 cm³/mol. The molecule has 0 aliphatic heterocycles. The maximum absolute atomic E-state index is 11.9. The molecule has 0 aliphatic carbocycles. The number of carbonyl (C=O) groups excluding carboxylic acids is 1. The van der Waals surface area contributed by atoms with Gasteiger partial charge < -0.3 is 15.5 Å². The third kappa shape index (κ3) is 3.26. The number of aliphatic hydroxyl groups is 1. The van der Waals surface area contributed by atoms with E-state index in [0.29, 0.717) is 5.56 Å². The largest absolute Gasteiger partial charge is 0.480 e. The summed E-state index contributed by atoms with van der Waals surface area (Å²) < 4.78 is 0. The second kappa shape index (κ2) is 5.91. The van der Waals surface area contributed by atoms with Crippen molar-refractivity contribution < 1.29 is 24.7 Å². The van der Waals surface area contributed by atoms with Gasteiger partial charge in [-0.05, 0) is 12.5 Å². The molecule has 0 saturated heterocycles. The fourth-order valence-electron chi connectivity index (χ4n) is 1.52. The van der Waals surface area contributed by atoms with Gasteiger partial charge in [0, 0.05) is 6.07 Å². The molecule has 0 radical (unpaired) electrons. The Labute approximate surface area is 107 Å². The molecule has 0 aliphatic rings. The Hall–Kier alpha value is -2.48. The molecule has 3 N–H and O–H groups in total. The van der Waals surface area contributed by atoms with Gasteiger partial charge >= 0.3 is 5.97 Å². The molecule has 102 valence electrons. The average molecular weight is 268 g/mol. The molecule has 1 aromatic rings. The van der Waals surface area contributed by atoms with E-state index in [0.717, 1.165) is 6.07 Å². The molecule has 0 saturated carbocycles. The number of amides is 1. The fraction of sp³-hybridized carbons (Fsp3) is 0.273. The molecule has 1 aromatic carbocycles. The first-order valence-corrected chi connectivity index (χ1v) is 5.27. The van der Waals surface area contributed by atoms with Gasteiger partial charge in [-0.25, -0.2) is 4.79 Å². The molecule has 1 amide bonds. The molecule has 0 spiro atoms. The van der Waals surface area contributed by atoms with E-state index in [2.05, 4.69) is 0 Å². The van der Waals surface area contributed by atoms with Crippen LogP contribution in [0, 0.1) is 17.0 Å². The number of aliphatic carboxylic acids is 1. The molecular weight excluding hydrogens is 256 g/mol. The highest BCUT2D eigenvalue weighted by Gasteiger charge is 2.26. The first-order chi connectivity index (χ1) is 8.88. The van der Waals surface area contributed by atoms with E-state index >= 15 is 0 Å². The van der Waals surface area contributed by atoms with E-state index in [9.17, 15) is 19.7 Å². The van der Waals surface area contributed by atoms with Crippen molar-refractivity contribution in [3.05, 3.63) is 39.4 Å². The number of rotatable bonds is 5. The van der Waals surface area contributed by atoms with Crippen molar-refractivity contribution in [3.8, 4) is 0 Å². The number of hydrogen-bond acceptors (Lipinski definition) is 5. The van der Waals surface area contributed by atoms with Gasteiger partial charge in [0.25, 0.3) is 11.6 Å². The molecule has 19 heavy (non-hydrogen) atoms. The van der Waals surface area contributed by atoms with Gasteiger partial charge in [0.1, 0.15) is 5.56 Å². The van der Waals surface area contributed by atoms with E-state index < -0.39 is 35.1 Å². The van der Waals surface area contributed by atoms with Crippen LogP contribution in [0.1, 0.15) is 15.9 Å². The highest BCUT2D eigenvalue weighted by Crippen LogP contribution is 2.21. The smallest absolute Gasteiger partial charge is 0.328 e. The van der Waals surface area contributed by atoms with Crippen molar-refractivity contribution in [2.45, 2.75) is 13.0 Å². The van der Waals surface area contributed by atoms with Crippen molar-refractivity contribution in [2.75, 3.05) is 6.61 Å². The monoisotopic (exact) mass is 268 g/mol. The zero-order valence-electron chi connectivity index (χ0n) is 9.99. The third-order valence-electron chi connectivity index (χ3n) is 2.46. The molecule has 0 aromatic heterocycles. The number of benzene rings is 1. The van der Waals surface area contributed by atoms with Crippen LogP contribution in [0.15, 0.2) is 18.2 Å². The number of carboxylic acids is 1. The number of carboxylic acid groups (broad SMARTS) is 1. The molecule has 1 unspecified atom stereocenters. The first-order valence-electron chi connectivity index (χ1n) is 5.27. The second-order valence-electron chi connectivity index (χ2n) is 3.77. The summed E-state index contributed by atoms with van der Waals surface area (Å²) in [5.41, 5.74) is -0.291. The summed E-state index contributed by atoms with van der Waals surface area (Å²) in [6.45, 7) is 0.692. The Balaban J connectivity index is 3.12. The fourth-order valence-corrected chi connectivity index (χ4v) is 1.52. The van der Waals surface area contributed by atoms with Crippen LogP contribution in [0.25, 0.3) is 0 Å². The van der Waals surface area contributed by atoms with Crippen LogP contribution >= 0.6 is 0 Å². The number of nitrogens with one attached hydrogen (secondary N) is 1. The second-order valence-corrected chi connectivity index (χ2v) is 3.77. The van der Waals surface area contributed by atoms with Gasteiger partial charge in [-0.1, -0.05) is 12.1 Å². The summed E-state index contributed by atoms with van der Waals surface area (Å²) in [5, 5.41) is 30.4. The molecular formula is C11H12N2O6. The van der Waals surface area contributed by atoms with E-state index in [1.54, 1.807) is 0 Å². The maximum Gasteiger partial charge on any atom is 0.328 e. The van der Waals surface area contributed by atoms with Crippen LogP contribution in [0.3, 0.4) is 0 Å². The zero-order valence-corrected chi connectivity index (χ0v) is 9.99. The molecule has 0 bridgehead atoms. The minimum Gasteiger partial charge on any atom is -0.480 e. The lowest BCUT2D eigenvalue weighted by atomic mass is 10.1. The zero-order chi connectivity index (χ0) is 14.6. The number of nitro benzene ring substituents is 1. The summed E-state index contributed by atoms with van der Waals surface area (Å²) in [7, 11) is 0. The molecule has 0 heterocycles. The quantitative estimate of drug-likeness (QED) is 0.512. The summed E-state index contributed by atoms with van der Waals surface area (Å²) in [6, 6.07) is 2.56. The van der Waals surface area contributed by atoms with Gasteiger partial charge in [-0.15, -0.1) is 0 Å². The standard InChI is InChI=1S/C11H12N2O6/c1-6-3-2-4-8(13(18)19)9(6)10(15)12-7(5-14)11(16)17/h2-4,7,14H,5H2,1H3,(H,12,15)(H,16,17). The minimum absolute atomic E-state index is 0.216. The number of nitro groups is 1. The van der Waals surface area contributed by atoms with Crippen LogP contribution in [0.5, 0.6) is 0 Å². The molecule has 0 fully saturated rings. The average Bonchev–Trinajstić information content (AvgIpc) is 2.34. The molecule has 8 nitrogen and oxygen atoms in total. The van der Waals surface area contributed by atoms with Gasteiger partial charge in [0.05, 0.1) is 11.5 Å². The topological polar surface area (TPSA) is 130 Å². The number of aryl methyl sites for hydroxylation is 1. The van der Waals surface area contributed by atoms with E-state index in [1.807, 2.05) is 5.32 Å². The Morgan fingerprint density at radius 1 is 1.47 bits per heavy atom. The van der Waals surface area contributed by atoms with Crippen molar-refractivity contribution in [1.82, 2.24) is 5.32 Å². The predicted octanol–water partition coefficient (Wildman–Crippen LogP) is 0.0785. The summed E-state index contributed by atoms with van der Waals surface area (Å²) >= 11 is 0. The van der Waals surface area contributed by atoms with Gasteiger partial charge in [-0.3, -0.25) is 14.9 Å². The van der Waals surface area contributed by atoms with Crippen LogP contribution < -0.4 is 5.32 Å². The lowest BCUT2D eigenvalue weighted by Gasteiger charge is -2.12. The summed E-state index contributed by atoms with van der Waals surface area (Å²) in [4.78, 5) is 32.7. The number of carbonyl (C=O) groups is 2. The molecule has 1 atom stereocenters. The third-order valence-corrected chi connectivity index (χ3v) is 2.46. The van der Waals surface area contributed by atoms with E-state index in [4.69, 9.17) is 10.2 Å². The summed E-state index contributed by atoms with van der Waals surface area (Å²) in [6.07, 6.45) is 0. The number of aliphatic hydroxyl groups excluding tert-OH is 1. The van der Waals surface area contributed by atoms with E-state index in [-0.39, 0.29) is 5.56 Å². The SMILES string of the molecule is Cc1cccc([N+](=O)[O-])c1C(=O)NC(CO)C(=O)O. The lowest BCUT2D eigenvalue weighted by molar-refractivity contribution is -0.385. The highest BCUT2D eigenvalue weighted by molar-refractivity contribution is 6.01. The van der Waals surface area contributed by atoms with Crippen molar-refractivity contribution >= 4 is 17.6 Å². The Morgan fingerprint density at radius 2 is 2.11 bits per heavy atom. The van der Waals surface area contributed by atoms with Crippen molar-refractivity contribution in [2.24, 2.45) is 0 Å². The van der Waals surface area contributed by atoms with Crippen LogP contribution in [0.2, 0.25) is 0 Å². The summed E-state index contributed by atoms with van der Waals surface area (Å²) in [5.74, 6) is -2.33. The van der Waals surface area contributed by atoms with Crippen molar-refractivity contribution in [1.29, 1.82) is 0 Å². The van der Waals surface area contributed by atoms with E-state index in [1.165, 1.54) is 19.1 Å². The Morgan fingerprint density at radius 3 is 2.58 bits per heavy atom. The molecule has 1 rings (SSSR count). The molecule has 8 heteroatoms. The first kappa shape index (κ1) is 14.6. The van der Waals surface area contributed by atoms with Crippen molar-refractivity contribution in [3.63, 3.8) is 0 Å². The number of hydrogen-bond donors (Lipinski definition) is 3. The number of nitrogens with zero attached hydrogens (tertiary/aromatic N) is 1. The Kier molecular flexibility index (Phi) is 4.54. The normalized spacial score (nSPS) is 11.7. The van der Waals surface area contributed by atoms with Crippen LogP contribution in [0.4, 0.5) is 5.69 Å². The van der Waals surface area contributed by atoms with Gasteiger partial charge in [0.15, 0.2) is 6.04 Å². The van der Waals surface area contributed by atoms with Gasteiger partial charge in [0.2, 0.25) is 0 Å².